The lowest BCUT2D eigenvalue weighted by Crippen LogP contribution is -2.43. The third kappa shape index (κ3) is 2.19. The molecule has 3 heteroatoms. The summed E-state index contributed by atoms with van der Waals surface area (Å²) in [6, 6.07) is -0.114. The highest BCUT2D eigenvalue weighted by atomic mass is 16.5. The minimum atomic E-state index is -0.396. The van der Waals surface area contributed by atoms with Crippen LogP contribution in [0.5, 0.6) is 0 Å². The first kappa shape index (κ1) is 9.96. The molecule has 72 valence electrons. The van der Waals surface area contributed by atoms with Crippen molar-refractivity contribution in [1.82, 2.24) is 0 Å². The fourth-order valence-electron chi connectivity index (χ4n) is 1.53. The van der Waals surface area contributed by atoms with E-state index in [9.17, 15) is 5.11 Å². The minimum absolute atomic E-state index is 0.114. The number of hydrogen-bond donors (Lipinski definition) is 2. The van der Waals surface area contributed by atoms with E-state index in [0.29, 0.717) is 12.5 Å². The normalized spacial score (nSPS) is 29.2. The van der Waals surface area contributed by atoms with Crippen LogP contribution in [0.1, 0.15) is 20.3 Å². The predicted molar refractivity (Wildman–Crippen MR) is 47.7 cm³/mol. The molecule has 3 N–H and O–H groups in total. The number of aliphatic hydroxyl groups excluding tert-OH is 1. The van der Waals surface area contributed by atoms with Gasteiger partial charge in [0.2, 0.25) is 0 Å². The molecule has 0 aromatic rings. The Hall–Kier alpha value is -0.120. The van der Waals surface area contributed by atoms with E-state index >= 15 is 0 Å². The number of aliphatic hydroxyl groups is 1. The van der Waals surface area contributed by atoms with Crippen molar-refractivity contribution in [3.8, 4) is 0 Å². The lowest BCUT2D eigenvalue weighted by molar-refractivity contribution is 0.0577. The van der Waals surface area contributed by atoms with E-state index in [4.69, 9.17) is 10.5 Å². The van der Waals surface area contributed by atoms with Crippen molar-refractivity contribution in [3.63, 3.8) is 0 Å². The van der Waals surface area contributed by atoms with E-state index in [1.807, 2.05) is 13.8 Å². The first-order valence-electron chi connectivity index (χ1n) is 4.64. The number of ether oxygens (including phenoxy) is 1. The van der Waals surface area contributed by atoms with Crippen LogP contribution in [0.3, 0.4) is 0 Å². The molecule has 1 aliphatic heterocycles. The Morgan fingerprint density at radius 2 is 2.17 bits per heavy atom. The molecule has 3 unspecified atom stereocenters. The molecule has 1 aliphatic rings. The molecule has 0 aromatic carbocycles. The average molecular weight is 173 g/mol. The highest BCUT2D eigenvalue weighted by Crippen LogP contribution is 2.20. The molecule has 3 nitrogen and oxygen atoms in total. The van der Waals surface area contributed by atoms with Crippen LogP contribution < -0.4 is 5.73 Å². The molecule has 0 aromatic heterocycles. The Morgan fingerprint density at radius 3 is 2.58 bits per heavy atom. The van der Waals surface area contributed by atoms with Gasteiger partial charge >= 0.3 is 0 Å². The van der Waals surface area contributed by atoms with Gasteiger partial charge in [-0.3, -0.25) is 0 Å². The molecular weight excluding hydrogens is 154 g/mol. The monoisotopic (exact) mass is 173 g/mol. The van der Waals surface area contributed by atoms with Crippen LogP contribution in [0.25, 0.3) is 0 Å². The van der Waals surface area contributed by atoms with Crippen molar-refractivity contribution in [2.75, 3.05) is 13.2 Å². The predicted octanol–water partition coefficient (Wildman–Crippen LogP) is 0.367. The lowest BCUT2D eigenvalue weighted by Gasteiger charge is -2.26. The minimum Gasteiger partial charge on any atom is -0.391 e. The van der Waals surface area contributed by atoms with Gasteiger partial charge in [-0.25, -0.2) is 0 Å². The molecule has 0 aliphatic carbocycles. The highest BCUT2D eigenvalue weighted by Gasteiger charge is 2.29. The van der Waals surface area contributed by atoms with Gasteiger partial charge in [0.05, 0.1) is 12.7 Å². The molecule has 3 atom stereocenters. The van der Waals surface area contributed by atoms with Crippen LogP contribution in [0, 0.1) is 11.8 Å². The van der Waals surface area contributed by atoms with Crippen LogP contribution in [0.15, 0.2) is 0 Å². The van der Waals surface area contributed by atoms with Crippen molar-refractivity contribution >= 4 is 0 Å². The summed E-state index contributed by atoms with van der Waals surface area (Å²) < 4.78 is 5.19. The van der Waals surface area contributed by atoms with Gasteiger partial charge in [0.1, 0.15) is 0 Å². The molecule has 0 amide bonds. The molecule has 0 spiro atoms. The number of hydrogen-bond acceptors (Lipinski definition) is 3. The molecule has 1 heterocycles. The quantitative estimate of drug-likeness (QED) is 0.648. The summed E-state index contributed by atoms with van der Waals surface area (Å²) in [4.78, 5) is 0. The number of rotatable bonds is 3. The summed E-state index contributed by atoms with van der Waals surface area (Å²) in [5.74, 6) is 0.586. The maximum absolute atomic E-state index is 9.78. The zero-order chi connectivity index (χ0) is 9.14. The van der Waals surface area contributed by atoms with Crippen molar-refractivity contribution in [2.45, 2.75) is 32.4 Å². The largest absolute Gasteiger partial charge is 0.391 e. The zero-order valence-corrected chi connectivity index (χ0v) is 7.86. The van der Waals surface area contributed by atoms with Gasteiger partial charge in [-0.2, -0.15) is 0 Å². The van der Waals surface area contributed by atoms with Gasteiger partial charge in [0.25, 0.3) is 0 Å². The van der Waals surface area contributed by atoms with E-state index in [1.54, 1.807) is 0 Å². The van der Waals surface area contributed by atoms with Crippen molar-refractivity contribution in [2.24, 2.45) is 17.6 Å². The molecular formula is C9H19NO2. The smallest absolute Gasteiger partial charge is 0.0744 e. The maximum atomic E-state index is 9.78. The fourth-order valence-corrected chi connectivity index (χ4v) is 1.53. The Bertz CT molecular complexity index is 130. The van der Waals surface area contributed by atoms with E-state index < -0.39 is 6.10 Å². The molecule has 0 radical (unpaired) electrons. The van der Waals surface area contributed by atoms with Gasteiger partial charge in [-0.05, 0) is 12.3 Å². The molecule has 1 fully saturated rings. The molecule has 1 rings (SSSR count). The van der Waals surface area contributed by atoms with Gasteiger partial charge in [-0.15, -0.1) is 0 Å². The fraction of sp³-hybridized carbons (Fsp3) is 1.00. The summed E-state index contributed by atoms with van der Waals surface area (Å²) in [5.41, 5.74) is 5.83. The van der Waals surface area contributed by atoms with Crippen molar-refractivity contribution in [1.29, 1.82) is 0 Å². The SMILES string of the molecule is CC(C)C(N)C(O)C1CCOC1. The highest BCUT2D eigenvalue weighted by molar-refractivity contribution is 4.82. The molecule has 0 bridgehead atoms. The van der Waals surface area contributed by atoms with Gasteiger partial charge < -0.3 is 15.6 Å². The van der Waals surface area contributed by atoms with Crippen LogP contribution in [0.4, 0.5) is 0 Å². The van der Waals surface area contributed by atoms with Crippen LogP contribution in [-0.2, 0) is 4.74 Å². The summed E-state index contributed by atoms with van der Waals surface area (Å²) in [6.07, 6.45) is 0.550. The standard InChI is InChI=1S/C9H19NO2/c1-6(2)8(10)9(11)7-3-4-12-5-7/h6-9,11H,3-5,10H2,1-2H3. The van der Waals surface area contributed by atoms with E-state index in [0.717, 1.165) is 13.0 Å². The zero-order valence-electron chi connectivity index (χ0n) is 7.86. The van der Waals surface area contributed by atoms with E-state index in [-0.39, 0.29) is 12.0 Å². The van der Waals surface area contributed by atoms with Gasteiger partial charge in [-0.1, -0.05) is 13.8 Å². The van der Waals surface area contributed by atoms with Crippen molar-refractivity contribution in [3.05, 3.63) is 0 Å². The Balaban J connectivity index is 2.39. The van der Waals surface area contributed by atoms with Crippen LogP contribution in [-0.4, -0.2) is 30.5 Å². The van der Waals surface area contributed by atoms with Crippen molar-refractivity contribution < 1.29 is 9.84 Å². The average Bonchev–Trinajstić information content (AvgIpc) is 2.53. The second kappa shape index (κ2) is 4.21. The molecule has 0 saturated carbocycles. The van der Waals surface area contributed by atoms with E-state index in [1.165, 1.54) is 0 Å². The van der Waals surface area contributed by atoms with Crippen LogP contribution in [0.2, 0.25) is 0 Å². The second-order valence-electron chi connectivity index (χ2n) is 3.94. The Labute approximate surface area is 73.9 Å². The molecule has 1 saturated heterocycles. The maximum Gasteiger partial charge on any atom is 0.0744 e. The number of nitrogens with two attached hydrogens (primary N) is 1. The summed E-state index contributed by atoms with van der Waals surface area (Å²) in [6.45, 7) is 5.50. The van der Waals surface area contributed by atoms with Gasteiger partial charge in [0.15, 0.2) is 0 Å². The van der Waals surface area contributed by atoms with Crippen LogP contribution >= 0.6 is 0 Å². The summed E-state index contributed by atoms with van der Waals surface area (Å²) in [7, 11) is 0. The van der Waals surface area contributed by atoms with E-state index in [2.05, 4.69) is 0 Å². The molecule has 12 heavy (non-hydrogen) atoms. The van der Waals surface area contributed by atoms with Gasteiger partial charge in [0, 0.05) is 18.6 Å². The third-order valence-corrected chi connectivity index (χ3v) is 2.61. The Kier molecular flexibility index (Phi) is 3.50. The Morgan fingerprint density at radius 1 is 1.50 bits per heavy atom. The first-order valence-corrected chi connectivity index (χ1v) is 4.64. The summed E-state index contributed by atoms with van der Waals surface area (Å²) >= 11 is 0. The second-order valence-corrected chi connectivity index (χ2v) is 3.94. The lowest BCUT2D eigenvalue weighted by atomic mass is 9.90. The third-order valence-electron chi connectivity index (χ3n) is 2.61. The topological polar surface area (TPSA) is 55.5 Å². The summed E-state index contributed by atoms with van der Waals surface area (Å²) in [5, 5.41) is 9.78. The first-order chi connectivity index (χ1) is 5.63.